The maximum atomic E-state index is 12.1. The van der Waals surface area contributed by atoms with Gasteiger partial charge in [0.15, 0.2) is 6.10 Å². The van der Waals surface area contributed by atoms with Crippen LogP contribution in [0.25, 0.3) is 0 Å². The minimum Gasteiger partial charge on any atom is -0.480 e. The molecule has 0 aromatic heterocycles. The zero-order valence-electron chi connectivity index (χ0n) is 12.8. The van der Waals surface area contributed by atoms with E-state index in [1.807, 2.05) is 20.8 Å². The summed E-state index contributed by atoms with van der Waals surface area (Å²) in [5.41, 5.74) is 5.62. The maximum Gasteiger partial charge on any atom is 0.339 e. The molecule has 0 aliphatic heterocycles. The third-order valence-electron chi connectivity index (χ3n) is 3.25. The third kappa shape index (κ3) is 4.66. The van der Waals surface area contributed by atoms with Crippen LogP contribution in [-0.4, -0.2) is 28.6 Å². The number of rotatable bonds is 6. The molecule has 0 aliphatic carbocycles. The first-order chi connectivity index (χ1) is 9.66. The van der Waals surface area contributed by atoms with Gasteiger partial charge in [-0.25, -0.2) is 4.79 Å². The van der Waals surface area contributed by atoms with Crippen LogP contribution in [0.5, 0.6) is 5.75 Å². The lowest BCUT2D eigenvalue weighted by molar-refractivity contribution is -0.129. The van der Waals surface area contributed by atoms with Gasteiger partial charge in [0, 0.05) is 17.3 Å². The van der Waals surface area contributed by atoms with Crippen LogP contribution in [0.1, 0.15) is 44.5 Å². The third-order valence-corrected chi connectivity index (χ3v) is 3.25. The molecule has 0 aliphatic rings. The Morgan fingerprint density at radius 1 is 1.43 bits per heavy atom. The summed E-state index contributed by atoms with van der Waals surface area (Å²) in [5.74, 6) is -1.36. The van der Waals surface area contributed by atoms with Gasteiger partial charge in [-0.3, -0.25) is 4.79 Å². The first-order valence-corrected chi connectivity index (χ1v) is 6.78. The van der Waals surface area contributed by atoms with Crippen molar-refractivity contribution in [3.8, 4) is 5.75 Å². The Balaban J connectivity index is 2.88. The number of carboxylic acid groups (broad SMARTS) is 1. The quantitative estimate of drug-likeness (QED) is 0.697. The van der Waals surface area contributed by atoms with E-state index in [-0.39, 0.29) is 22.8 Å². The molecule has 0 saturated carbocycles. The summed E-state index contributed by atoms with van der Waals surface area (Å²) in [6, 6.07) is 4.23. The number of benzene rings is 1. The van der Waals surface area contributed by atoms with E-state index in [1.165, 1.54) is 18.2 Å². The number of carbonyl (C=O) groups excluding carboxylic acids is 1. The summed E-state index contributed by atoms with van der Waals surface area (Å²) in [6.07, 6.45) is -0.0554. The SMILES string of the molecule is CCC(C)(C)NC(=O)C(C)Oc1cc(N)ccc1C(=O)O. The van der Waals surface area contributed by atoms with E-state index in [0.29, 0.717) is 5.69 Å². The first-order valence-electron chi connectivity index (χ1n) is 6.78. The Kier molecular flexibility index (Phi) is 5.18. The molecule has 1 amide bonds. The molecule has 6 heteroatoms. The molecule has 4 N–H and O–H groups in total. The summed E-state index contributed by atoms with van der Waals surface area (Å²) in [7, 11) is 0. The number of carboxylic acids is 1. The second-order valence-electron chi connectivity index (χ2n) is 5.55. The Morgan fingerprint density at radius 2 is 2.05 bits per heavy atom. The van der Waals surface area contributed by atoms with E-state index in [0.717, 1.165) is 6.42 Å². The number of ether oxygens (including phenoxy) is 1. The predicted octanol–water partition coefficient (Wildman–Crippen LogP) is 2.04. The first kappa shape index (κ1) is 16.8. The van der Waals surface area contributed by atoms with Crippen LogP contribution in [0.3, 0.4) is 0 Å². The van der Waals surface area contributed by atoms with Crippen LogP contribution in [-0.2, 0) is 4.79 Å². The molecule has 0 spiro atoms. The second-order valence-corrected chi connectivity index (χ2v) is 5.55. The highest BCUT2D eigenvalue weighted by molar-refractivity contribution is 5.92. The minimum atomic E-state index is -1.13. The van der Waals surface area contributed by atoms with Crippen molar-refractivity contribution in [1.29, 1.82) is 0 Å². The van der Waals surface area contributed by atoms with E-state index in [2.05, 4.69) is 5.32 Å². The van der Waals surface area contributed by atoms with Gasteiger partial charge in [0.1, 0.15) is 11.3 Å². The highest BCUT2D eigenvalue weighted by Crippen LogP contribution is 2.23. The number of nitrogens with one attached hydrogen (secondary N) is 1. The van der Waals surface area contributed by atoms with Crippen molar-refractivity contribution < 1.29 is 19.4 Å². The van der Waals surface area contributed by atoms with Gasteiger partial charge in [-0.1, -0.05) is 6.92 Å². The molecule has 0 bridgehead atoms. The highest BCUT2D eigenvalue weighted by atomic mass is 16.5. The Morgan fingerprint density at radius 3 is 2.57 bits per heavy atom. The molecule has 1 rings (SSSR count). The highest BCUT2D eigenvalue weighted by Gasteiger charge is 2.24. The lowest BCUT2D eigenvalue weighted by Crippen LogP contribution is -2.48. The lowest BCUT2D eigenvalue weighted by Gasteiger charge is -2.26. The molecule has 1 atom stereocenters. The van der Waals surface area contributed by atoms with E-state index >= 15 is 0 Å². The van der Waals surface area contributed by atoms with Crippen molar-refractivity contribution in [1.82, 2.24) is 5.32 Å². The summed E-state index contributed by atoms with van der Waals surface area (Å²) in [4.78, 5) is 23.2. The normalized spacial score (nSPS) is 12.6. The van der Waals surface area contributed by atoms with Crippen LogP contribution in [0.4, 0.5) is 5.69 Å². The smallest absolute Gasteiger partial charge is 0.339 e. The van der Waals surface area contributed by atoms with Gasteiger partial charge in [0.2, 0.25) is 0 Å². The van der Waals surface area contributed by atoms with E-state index in [9.17, 15) is 9.59 Å². The zero-order chi connectivity index (χ0) is 16.2. The minimum absolute atomic E-state index is 0.0291. The van der Waals surface area contributed by atoms with Gasteiger partial charge in [-0.2, -0.15) is 0 Å². The van der Waals surface area contributed by atoms with Crippen LogP contribution < -0.4 is 15.8 Å². The topological polar surface area (TPSA) is 102 Å². The summed E-state index contributed by atoms with van der Waals surface area (Å²) in [6.45, 7) is 7.34. The molecule has 6 nitrogen and oxygen atoms in total. The Bertz CT molecular complexity index is 540. The predicted molar refractivity (Wildman–Crippen MR) is 80.4 cm³/mol. The summed E-state index contributed by atoms with van der Waals surface area (Å²) in [5, 5.41) is 12.0. The van der Waals surface area contributed by atoms with Gasteiger partial charge in [-0.15, -0.1) is 0 Å². The molecule has 0 fully saturated rings. The number of carbonyl (C=O) groups is 2. The fourth-order valence-electron chi connectivity index (χ4n) is 1.58. The number of hydrogen-bond donors (Lipinski definition) is 3. The number of nitrogens with two attached hydrogens (primary N) is 1. The van der Waals surface area contributed by atoms with Gasteiger partial charge >= 0.3 is 5.97 Å². The number of hydrogen-bond acceptors (Lipinski definition) is 4. The molecule has 116 valence electrons. The van der Waals surface area contributed by atoms with E-state index < -0.39 is 12.1 Å². The fraction of sp³-hybridized carbons (Fsp3) is 0.467. The van der Waals surface area contributed by atoms with Crippen molar-refractivity contribution in [3.05, 3.63) is 23.8 Å². The fourth-order valence-corrected chi connectivity index (χ4v) is 1.58. The van der Waals surface area contributed by atoms with Gasteiger partial charge < -0.3 is 20.9 Å². The van der Waals surface area contributed by atoms with Crippen molar-refractivity contribution in [2.75, 3.05) is 5.73 Å². The monoisotopic (exact) mass is 294 g/mol. The van der Waals surface area contributed by atoms with Crippen molar-refractivity contribution >= 4 is 17.6 Å². The summed E-state index contributed by atoms with van der Waals surface area (Å²) >= 11 is 0. The lowest BCUT2D eigenvalue weighted by atomic mass is 10.0. The zero-order valence-corrected chi connectivity index (χ0v) is 12.8. The molecule has 0 radical (unpaired) electrons. The molecule has 1 aromatic rings. The Hall–Kier alpha value is -2.24. The van der Waals surface area contributed by atoms with Crippen molar-refractivity contribution in [2.24, 2.45) is 0 Å². The largest absolute Gasteiger partial charge is 0.480 e. The average Bonchev–Trinajstić information content (AvgIpc) is 2.37. The molecular formula is C15H22N2O4. The standard InChI is InChI=1S/C15H22N2O4/c1-5-15(3,4)17-13(18)9(2)21-12-8-10(16)6-7-11(12)14(19)20/h6-9H,5,16H2,1-4H3,(H,17,18)(H,19,20). The van der Waals surface area contributed by atoms with Gasteiger partial charge in [0.25, 0.3) is 5.91 Å². The number of amides is 1. The van der Waals surface area contributed by atoms with E-state index in [4.69, 9.17) is 15.6 Å². The van der Waals surface area contributed by atoms with Crippen molar-refractivity contribution in [2.45, 2.75) is 45.8 Å². The molecule has 0 saturated heterocycles. The van der Waals surface area contributed by atoms with Crippen LogP contribution >= 0.6 is 0 Å². The molecular weight excluding hydrogens is 272 g/mol. The number of anilines is 1. The number of aromatic carboxylic acids is 1. The van der Waals surface area contributed by atoms with Crippen LogP contribution in [0.2, 0.25) is 0 Å². The molecule has 21 heavy (non-hydrogen) atoms. The summed E-state index contributed by atoms with van der Waals surface area (Å²) < 4.78 is 5.47. The van der Waals surface area contributed by atoms with Crippen LogP contribution in [0.15, 0.2) is 18.2 Å². The maximum absolute atomic E-state index is 12.1. The molecule has 0 heterocycles. The molecule has 1 aromatic carbocycles. The second kappa shape index (κ2) is 6.47. The van der Waals surface area contributed by atoms with Gasteiger partial charge in [0.05, 0.1) is 0 Å². The van der Waals surface area contributed by atoms with Gasteiger partial charge in [-0.05, 0) is 39.3 Å². The number of nitrogen functional groups attached to an aromatic ring is 1. The average molecular weight is 294 g/mol. The Labute approximate surface area is 124 Å². The molecule has 1 unspecified atom stereocenters. The van der Waals surface area contributed by atoms with Crippen LogP contribution in [0, 0.1) is 0 Å². The van der Waals surface area contributed by atoms with E-state index in [1.54, 1.807) is 6.92 Å². The van der Waals surface area contributed by atoms with Crippen molar-refractivity contribution in [3.63, 3.8) is 0 Å².